The van der Waals surface area contributed by atoms with E-state index in [9.17, 15) is 4.79 Å². The van der Waals surface area contributed by atoms with Crippen LogP contribution >= 0.6 is 0 Å². The van der Waals surface area contributed by atoms with Gasteiger partial charge in [-0.05, 0) is 49.2 Å². The van der Waals surface area contributed by atoms with Crippen molar-refractivity contribution < 1.29 is 4.79 Å². The van der Waals surface area contributed by atoms with Gasteiger partial charge in [0, 0.05) is 11.4 Å². The Morgan fingerprint density at radius 2 is 1.79 bits per heavy atom. The topological polar surface area (TPSA) is 46.9 Å². The molecule has 4 nitrogen and oxygen atoms in total. The van der Waals surface area contributed by atoms with Gasteiger partial charge in [-0.3, -0.25) is 4.79 Å². The highest BCUT2D eigenvalue weighted by molar-refractivity contribution is 6.02. The van der Waals surface area contributed by atoms with Gasteiger partial charge in [0.05, 0.1) is 5.69 Å². The number of amides is 1. The molecule has 1 amide bonds. The molecule has 2 aromatic carbocycles. The predicted octanol–water partition coefficient (Wildman–Crippen LogP) is 4.39. The van der Waals surface area contributed by atoms with Crippen LogP contribution in [0, 0.1) is 6.92 Å². The minimum Gasteiger partial charge on any atom is -0.321 e. The Labute approximate surface area is 142 Å². The maximum absolute atomic E-state index is 12.4. The Morgan fingerprint density at radius 1 is 1.08 bits per heavy atom. The quantitative estimate of drug-likeness (QED) is 0.758. The van der Waals surface area contributed by atoms with E-state index in [0.29, 0.717) is 5.69 Å². The number of nitrogens with one attached hydrogen (secondary N) is 1. The van der Waals surface area contributed by atoms with Crippen LogP contribution in [0.15, 0.2) is 60.7 Å². The lowest BCUT2D eigenvalue weighted by molar-refractivity contribution is 0.102. The van der Waals surface area contributed by atoms with Gasteiger partial charge in [-0.2, -0.15) is 5.10 Å². The third-order valence-corrected chi connectivity index (χ3v) is 3.87. The number of aromatic nitrogens is 2. The van der Waals surface area contributed by atoms with Crippen molar-refractivity contribution in [3.05, 3.63) is 77.6 Å². The summed E-state index contributed by atoms with van der Waals surface area (Å²) in [6.07, 6.45) is 2.16. The molecule has 122 valence electrons. The Kier molecular flexibility index (Phi) is 4.75. The Morgan fingerprint density at radius 3 is 2.46 bits per heavy atom. The van der Waals surface area contributed by atoms with Crippen molar-refractivity contribution >= 4 is 11.6 Å². The minimum absolute atomic E-state index is 0.198. The van der Waals surface area contributed by atoms with Gasteiger partial charge < -0.3 is 5.32 Å². The highest BCUT2D eigenvalue weighted by Crippen LogP contribution is 2.15. The van der Waals surface area contributed by atoms with Crippen molar-refractivity contribution in [2.75, 3.05) is 5.32 Å². The average molecular weight is 319 g/mol. The lowest BCUT2D eigenvalue weighted by Gasteiger charge is -2.05. The smallest absolute Gasteiger partial charge is 0.276 e. The number of carbonyl (C=O) groups excluding carboxylic acids is 1. The van der Waals surface area contributed by atoms with Crippen molar-refractivity contribution in [2.24, 2.45) is 0 Å². The second kappa shape index (κ2) is 7.13. The molecule has 3 aromatic rings. The molecule has 0 atom stereocenters. The molecule has 0 radical (unpaired) electrons. The lowest BCUT2D eigenvalue weighted by atomic mass is 10.1. The number of anilines is 1. The largest absolute Gasteiger partial charge is 0.321 e. The molecule has 0 saturated heterocycles. The van der Waals surface area contributed by atoms with E-state index in [2.05, 4.69) is 17.3 Å². The first-order chi connectivity index (χ1) is 11.7. The highest BCUT2D eigenvalue weighted by atomic mass is 16.1. The van der Waals surface area contributed by atoms with Gasteiger partial charge in [0.15, 0.2) is 5.69 Å². The van der Waals surface area contributed by atoms with Crippen LogP contribution in [0.5, 0.6) is 0 Å². The number of hydrogen-bond acceptors (Lipinski definition) is 2. The van der Waals surface area contributed by atoms with Crippen molar-refractivity contribution in [3.63, 3.8) is 0 Å². The van der Waals surface area contributed by atoms with Crippen LogP contribution < -0.4 is 5.32 Å². The summed E-state index contributed by atoms with van der Waals surface area (Å²) < 4.78 is 1.78. The third kappa shape index (κ3) is 3.54. The molecule has 0 aliphatic rings. The minimum atomic E-state index is -0.198. The Bertz CT molecular complexity index is 820. The maximum atomic E-state index is 12.4. The number of rotatable bonds is 5. The van der Waals surface area contributed by atoms with Crippen molar-refractivity contribution in [3.8, 4) is 5.69 Å². The third-order valence-electron chi connectivity index (χ3n) is 3.87. The monoisotopic (exact) mass is 319 g/mol. The Hall–Kier alpha value is -2.88. The zero-order valence-corrected chi connectivity index (χ0v) is 14.0. The number of aryl methyl sites for hydroxylation is 2. The van der Waals surface area contributed by atoms with Crippen LogP contribution in [0.1, 0.15) is 35.1 Å². The van der Waals surface area contributed by atoms with E-state index in [1.165, 1.54) is 5.56 Å². The molecule has 0 fully saturated rings. The van der Waals surface area contributed by atoms with Gasteiger partial charge in [-0.15, -0.1) is 0 Å². The normalized spacial score (nSPS) is 10.6. The number of carbonyl (C=O) groups is 1. The second-order valence-corrected chi connectivity index (χ2v) is 5.82. The van der Waals surface area contributed by atoms with Crippen LogP contribution in [0.2, 0.25) is 0 Å². The van der Waals surface area contributed by atoms with Gasteiger partial charge in [0.1, 0.15) is 0 Å². The fraction of sp³-hybridized carbons (Fsp3) is 0.200. The number of nitrogens with zero attached hydrogens (tertiary/aromatic N) is 2. The summed E-state index contributed by atoms with van der Waals surface area (Å²) in [5, 5.41) is 7.33. The SMILES string of the molecule is CCCc1ccc(NC(=O)c2cc(C)n(-c3ccccc3)n2)cc1. The molecule has 24 heavy (non-hydrogen) atoms. The van der Waals surface area contributed by atoms with Gasteiger partial charge >= 0.3 is 0 Å². The predicted molar refractivity (Wildman–Crippen MR) is 96.7 cm³/mol. The van der Waals surface area contributed by atoms with Gasteiger partial charge in [-0.25, -0.2) is 4.68 Å². The van der Waals surface area contributed by atoms with Crippen LogP contribution in [0.4, 0.5) is 5.69 Å². The van der Waals surface area contributed by atoms with Crippen LogP contribution in [0.3, 0.4) is 0 Å². The fourth-order valence-corrected chi connectivity index (χ4v) is 2.65. The molecule has 1 heterocycles. The van der Waals surface area contributed by atoms with E-state index in [-0.39, 0.29) is 5.91 Å². The molecule has 3 rings (SSSR count). The number of para-hydroxylation sites is 1. The van der Waals surface area contributed by atoms with E-state index in [1.54, 1.807) is 10.7 Å². The zero-order chi connectivity index (χ0) is 16.9. The first-order valence-corrected chi connectivity index (χ1v) is 8.20. The van der Waals surface area contributed by atoms with Crippen LogP contribution in [0.25, 0.3) is 5.69 Å². The Balaban J connectivity index is 1.76. The molecule has 0 aliphatic carbocycles. The molecule has 1 aromatic heterocycles. The summed E-state index contributed by atoms with van der Waals surface area (Å²) in [6.45, 7) is 4.09. The first-order valence-electron chi connectivity index (χ1n) is 8.20. The van der Waals surface area contributed by atoms with Crippen LogP contribution in [-0.4, -0.2) is 15.7 Å². The summed E-state index contributed by atoms with van der Waals surface area (Å²) in [4.78, 5) is 12.4. The molecule has 0 saturated carbocycles. The van der Waals surface area contributed by atoms with Gasteiger partial charge in [0.25, 0.3) is 5.91 Å². The van der Waals surface area contributed by atoms with Crippen molar-refractivity contribution in [2.45, 2.75) is 26.7 Å². The molecule has 0 aliphatic heterocycles. The second-order valence-electron chi connectivity index (χ2n) is 5.82. The van der Waals surface area contributed by atoms with E-state index >= 15 is 0 Å². The van der Waals surface area contributed by atoms with Crippen molar-refractivity contribution in [1.82, 2.24) is 9.78 Å². The average Bonchev–Trinajstić information content (AvgIpc) is 3.00. The van der Waals surface area contributed by atoms with Crippen LogP contribution in [-0.2, 0) is 6.42 Å². The van der Waals surface area contributed by atoms with Gasteiger partial charge in [0.2, 0.25) is 0 Å². The molecule has 0 bridgehead atoms. The lowest BCUT2D eigenvalue weighted by Crippen LogP contribution is -2.13. The molecule has 0 spiro atoms. The highest BCUT2D eigenvalue weighted by Gasteiger charge is 2.13. The molecule has 4 heteroatoms. The van der Waals surface area contributed by atoms with E-state index in [4.69, 9.17) is 0 Å². The zero-order valence-electron chi connectivity index (χ0n) is 14.0. The summed E-state index contributed by atoms with van der Waals surface area (Å²) in [7, 11) is 0. The summed E-state index contributed by atoms with van der Waals surface area (Å²) in [5.74, 6) is -0.198. The van der Waals surface area contributed by atoms with Crippen molar-refractivity contribution in [1.29, 1.82) is 0 Å². The molecule has 1 N–H and O–H groups in total. The molecular formula is C20H21N3O. The van der Waals surface area contributed by atoms with E-state index in [0.717, 1.165) is 29.9 Å². The van der Waals surface area contributed by atoms with E-state index < -0.39 is 0 Å². The summed E-state index contributed by atoms with van der Waals surface area (Å²) in [5.41, 5.74) is 4.34. The molecule has 0 unspecified atom stereocenters. The van der Waals surface area contributed by atoms with Gasteiger partial charge in [-0.1, -0.05) is 43.7 Å². The molecular weight excluding hydrogens is 298 g/mol. The number of hydrogen-bond donors (Lipinski definition) is 1. The fourth-order valence-electron chi connectivity index (χ4n) is 2.65. The standard InChI is InChI=1S/C20H21N3O/c1-3-7-16-10-12-17(13-11-16)21-20(24)19-14-15(2)23(22-19)18-8-5-4-6-9-18/h4-6,8-14H,3,7H2,1-2H3,(H,21,24). The van der Waals surface area contributed by atoms with E-state index in [1.807, 2.05) is 61.5 Å². The summed E-state index contributed by atoms with van der Waals surface area (Å²) in [6, 6.07) is 19.6. The number of benzene rings is 2. The maximum Gasteiger partial charge on any atom is 0.276 e. The first kappa shape index (κ1) is 16.0. The summed E-state index contributed by atoms with van der Waals surface area (Å²) >= 11 is 0.